The minimum absolute atomic E-state index is 0.0790. The van der Waals surface area contributed by atoms with Gasteiger partial charge in [0.25, 0.3) is 0 Å². The van der Waals surface area contributed by atoms with E-state index in [9.17, 15) is 19.6 Å². The van der Waals surface area contributed by atoms with E-state index in [0.29, 0.717) is 24.1 Å². The van der Waals surface area contributed by atoms with Gasteiger partial charge in [-0.25, -0.2) is 4.39 Å². The zero-order valence-electron chi connectivity index (χ0n) is 14.0. The van der Waals surface area contributed by atoms with Gasteiger partial charge in [-0.1, -0.05) is 17.7 Å². The first-order valence-corrected chi connectivity index (χ1v) is 8.38. The van der Waals surface area contributed by atoms with Crippen molar-refractivity contribution in [1.29, 1.82) is 5.26 Å². The van der Waals surface area contributed by atoms with Gasteiger partial charge in [0.1, 0.15) is 5.82 Å². The summed E-state index contributed by atoms with van der Waals surface area (Å²) in [4.78, 5) is 16.7. The van der Waals surface area contributed by atoms with E-state index in [2.05, 4.69) is 11.1 Å². The molecule has 0 spiro atoms. The summed E-state index contributed by atoms with van der Waals surface area (Å²) in [5.74, 6) is -3.19. The van der Waals surface area contributed by atoms with Crippen LogP contribution in [0.1, 0.15) is 38.2 Å². The van der Waals surface area contributed by atoms with E-state index in [1.165, 1.54) is 12.1 Å². The van der Waals surface area contributed by atoms with Gasteiger partial charge in [-0.3, -0.25) is 9.79 Å². The van der Waals surface area contributed by atoms with Crippen LogP contribution in [0.5, 0.6) is 0 Å². The van der Waals surface area contributed by atoms with Gasteiger partial charge in [-0.2, -0.15) is 5.26 Å². The Kier molecular flexibility index (Phi) is 5.81. The van der Waals surface area contributed by atoms with Crippen LogP contribution in [0.15, 0.2) is 23.2 Å². The SMILES string of the molecule is CC1=NC(CCCO)C(C)(C(=O)O)C(c2ccc(F)cc2Cl)C1C#N. The van der Waals surface area contributed by atoms with Crippen LogP contribution in [0.25, 0.3) is 0 Å². The second-order valence-electron chi connectivity index (χ2n) is 6.49. The zero-order valence-corrected chi connectivity index (χ0v) is 14.8. The summed E-state index contributed by atoms with van der Waals surface area (Å²) in [6.07, 6.45) is 0.759. The summed E-state index contributed by atoms with van der Waals surface area (Å²) in [6.45, 7) is 3.15. The number of carbonyl (C=O) groups is 1. The van der Waals surface area contributed by atoms with Gasteiger partial charge in [-0.15, -0.1) is 0 Å². The molecule has 4 atom stereocenters. The highest BCUT2D eigenvalue weighted by Gasteiger charge is 2.55. The molecule has 0 radical (unpaired) electrons. The summed E-state index contributed by atoms with van der Waals surface area (Å²) in [7, 11) is 0. The Morgan fingerprint density at radius 1 is 1.52 bits per heavy atom. The molecule has 1 heterocycles. The Morgan fingerprint density at radius 2 is 2.20 bits per heavy atom. The number of rotatable bonds is 5. The molecule has 0 saturated heterocycles. The third-order valence-corrected chi connectivity index (χ3v) is 5.34. The Morgan fingerprint density at radius 3 is 2.72 bits per heavy atom. The zero-order chi connectivity index (χ0) is 18.8. The monoisotopic (exact) mass is 366 g/mol. The third-order valence-electron chi connectivity index (χ3n) is 5.01. The van der Waals surface area contributed by atoms with Crippen LogP contribution in [0.4, 0.5) is 4.39 Å². The number of carboxylic acids is 1. The molecular formula is C18H20ClFN2O3. The summed E-state index contributed by atoms with van der Waals surface area (Å²) in [5.41, 5.74) is -0.464. The summed E-state index contributed by atoms with van der Waals surface area (Å²) in [6, 6.07) is 5.29. The molecule has 0 aliphatic carbocycles. The summed E-state index contributed by atoms with van der Waals surface area (Å²) < 4.78 is 13.4. The van der Waals surface area contributed by atoms with Crippen molar-refractivity contribution in [2.75, 3.05) is 6.61 Å². The second kappa shape index (κ2) is 7.51. The average molecular weight is 367 g/mol. The van der Waals surface area contributed by atoms with Gasteiger partial charge in [0.15, 0.2) is 0 Å². The fourth-order valence-corrected chi connectivity index (χ4v) is 3.89. The van der Waals surface area contributed by atoms with E-state index in [1.807, 2.05) is 0 Å². The molecule has 0 aromatic heterocycles. The number of halogens is 2. The van der Waals surface area contributed by atoms with Gasteiger partial charge in [0.2, 0.25) is 0 Å². The highest BCUT2D eigenvalue weighted by molar-refractivity contribution is 6.31. The average Bonchev–Trinajstić information content (AvgIpc) is 2.55. The number of aliphatic hydroxyl groups is 1. The maximum absolute atomic E-state index is 13.4. The molecule has 1 aromatic rings. The molecular weight excluding hydrogens is 347 g/mol. The number of hydrogen-bond donors (Lipinski definition) is 2. The number of benzene rings is 1. The van der Waals surface area contributed by atoms with Crippen molar-refractivity contribution in [3.63, 3.8) is 0 Å². The van der Waals surface area contributed by atoms with Gasteiger partial charge in [0.05, 0.1) is 23.4 Å². The molecule has 2 N–H and O–H groups in total. The molecule has 1 aliphatic heterocycles. The maximum Gasteiger partial charge on any atom is 0.312 e. The van der Waals surface area contributed by atoms with Crippen LogP contribution < -0.4 is 0 Å². The van der Waals surface area contributed by atoms with E-state index in [-0.39, 0.29) is 11.6 Å². The van der Waals surface area contributed by atoms with Crippen molar-refractivity contribution in [3.8, 4) is 6.07 Å². The van der Waals surface area contributed by atoms with Crippen molar-refractivity contribution >= 4 is 23.3 Å². The fourth-order valence-electron chi connectivity index (χ4n) is 3.60. The van der Waals surface area contributed by atoms with E-state index >= 15 is 0 Å². The molecule has 0 saturated carbocycles. The number of nitriles is 1. The molecule has 25 heavy (non-hydrogen) atoms. The highest BCUT2D eigenvalue weighted by Crippen LogP contribution is 2.51. The molecule has 7 heteroatoms. The third kappa shape index (κ3) is 3.39. The summed E-state index contributed by atoms with van der Waals surface area (Å²) >= 11 is 6.19. The molecule has 0 bridgehead atoms. The Hall–Kier alpha value is -1.97. The topological polar surface area (TPSA) is 93.7 Å². The van der Waals surface area contributed by atoms with E-state index in [0.717, 1.165) is 6.07 Å². The minimum Gasteiger partial charge on any atom is -0.481 e. The van der Waals surface area contributed by atoms with Crippen molar-refractivity contribution < 1.29 is 19.4 Å². The van der Waals surface area contributed by atoms with E-state index < -0.39 is 35.1 Å². The van der Waals surface area contributed by atoms with Crippen LogP contribution in [0.3, 0.4) is 0 Å². The first kappa shape index (κ1) is 19.4. The van der Waals surface area contributed by atoms with Crippen LogP contribution in [0, 0.1) is 28.5 Å². The first-order valence-electron chi connectivity index (χ1n) is 8.00. The fraction of sp³-hybridized carbons (Fsp3) is 0.500. The number of carboxylic acid groups (broad SMARTS) is 1. The molecule has 0 amide bonds. The second-order valence-corrected chi connectivity index (χ2v) is 6.90. The molecule has 1 aliphatic rings. The van der Waals surface area contributed by atoms with Crippen molar-refractivity contribution in [2.24, 2.45) is 16.3 Å². The van der Waals surface area contributed by atoms with Gasteiger partial charge in [0, 0.05) is 23.3 Å². The van der Waals surface area contributed by atoms with E-state index in [4.69, 9.17) is 16.7 Å². The van der Waals surface area contributed by atoms with Crippen molar-refractivity contribution in [1.82, 2.24) is 0 Å². The van der Waals surface area contributed by atoms with Gasteiger partial charge < -0.3 is 10.2 Å². The molecule has 134 valence electrons. The Bertz CT molecular complexity index is 746. The number of aliphatic carboxylic acids is 1. The maximum atomic E-state index is 13.4. The number of nitrogens with zero attached hydrogens (tertiary/aromatic N) is 2. The van der Waals surface area contributed by atoms with Crippen LogP contribution in [0.2, 0.25) is 5.02 Å². The van der Waals surface area contributed by atoms with Crippen LogP contribution in [-0.2, 0) is 4.79 Å². The number of aliphatic hydroxyl groups excluding tert-OH is 1. The molecule has 1 aromatic carbocycles. The molecule has 5 nitrogen and oxygen atoms in total. The van der Waals surface area contributed by atoms with Gasteiger partial charge in [-0.05, 0) is 44.4 Å². The Balaban J connectivity index is 2.68. The minimum atomic E-state index is -1.41. The predicted molar refractivity (Wildman–Crippen MR) is 92.2 cm³/mol. The van der Waals surface area contributed by atoms with Crippen LogP contribution in [-0.4, -0.2) is 34.5 Å². The predicted octanol–water partition coefficient (Wildman–Crippen LogP) is 3.41. The normalized spacial score (nSPS) is 29.0. The lowest BCUT2D eigenvalue weighted by Gasteiger charge is -2.45. The number of aliphatic imine (C=N–C) groups is 1. The molecule has 2 rings (SSSR count). The lowest BCUT2D eigenvalue weighted by atomic mass is 9.60. The van der Waals surface area contributed by atoms with Crippen LogP contribution >= 0.6 is 11.6 Å². The smallest absolute Gasteiger partial charge is 0.312 e. The standard InChI is InChI=1S/C18H20ClFN2O3/c1-10-13(9-21)16(12-6-5-11(20)8-14(12)19)18(2,17(24)25)15(22-10)4-3-7-23/h5-6,8,13,15-16,23H,3-4,7H2,1-2H3,(H,24,25). The van der Waals surface area contributed by atoms with Crippen molar-refractivity contribution in [2.45, 2.75) is 38.6 Å². The first-order chi connectivity index (χ1) is 11.8. The lowest BCUT2D eigenvalue weighted by molar-refractivity contribution is -0.151. The summed E-state index contributed by atoms with van der Waals surface area (Å²) in [5, 5.41) is 28.8. The van der Waals surface area contributed by atoms with Gasteiger partial charge >= 0.3 is 5.97 Å². The number of hydrogen-bond acceptors (Lipinski definition) is 4. The molecule has 0 fully saturated rings. The molecule has 4 unspecified atom stereocenters. The van der Waals surface area contributed by atoms with Crippen molar-refractivity contribution in [3.05, 3.63) is 34.6 Å². The Labute approximate surface area is 150 Å². The highest BCUT2D eigenvalue weighted by atomic mass is 35.5. The quantitative estimate of drug-likeness (QED) is 0.834. The largest absolute Gasteiger partial charge is 0.481 e. The van der Waals surface area contributed by atoms with E-state index in [1.54, 1.807) is 13.8 Å². The lowest BCUT2D eigenvalue weighted by Crippen LogP contribution is -2.51.